The monoisotopic (exact) mass is 360 g/mol. The first kappa shape index (κ1) is 17.2. The predicted molar refractivity (Wildman–Crippen MR) is 86.3 cm³/mol. The first-order chi connectivity index (χ1) is 8.97. The molecule has 1 aromatic rings. The van der Waals surface area contributed by atoms with Gasteiger partial charge in [0.2, 0.25) is 0 Å². The number of halogens is 5. The molecule has 0 spiro atoms. The standard InChI is InChI=1S/C12H13Cl5N2/c1-2-3-4-18-19-12(17)11(16)10-8(14)5-7(13)6-9(10)15/h5-6,11,18H,2-4H2,1H3/b19-12-. The maximum atomic E-state index is 6.22. The maximum Gasteiger partial charge on any atom is 0.148 e. The molecule has 0 bridgehead atoms. The molecule has 0 amide bonds. The van der Waals surface area contributed by atoms with Crippen molar-refractivity contribution in [2.45, 2.75) is 25.1 Å². The number of hydrogen-bond donors (Lipinski definition) is 1. The van der Waals surface area contributed by atoms with Gasteiger partial charge >= 0.3 is 0 Å². The zero-order chi connectivity index (χ0) is 14.4. The summed E-state index contributed by atoms with van der Waals surface area (Å²) in [6.45, 7) is 2.82. The summed E-state index contributed by atoms with van der Waals surface area (Å²) in [5.74, 6) is 0. The number of nitrogens with zero attached hydrogens (tertiary/aromatic N) is 1. The molecule has 1 atom stereocenters. The molecule has 1 aromatic carbocycles. The van der Waals surface area contributed by atoms with E-state index in [2.05, 4.69) is 17.5 Å². The number of unbranched alkanes of at least 4 members (excludes halogenated alkanes) is 1. The first-order valence-electron chi connectivity index (χ1n) is 5.71. The van der Waals surface area contributed by atoms with Crippen molar-refractivity contribution in [3.05, 3.63) is 32.8 Å². The highest BCUT2D eigenvalue weighted by Gasteiger charge is 2.21. The van der Waals surface area contributed by atoms with Gasteiger partial charge in [0.15, 0.2) is 0 Å². The molecule has 19 heavy (non-hydrogen) atoms. The molecular weight excluding hydrogens is 349 g/mol. The molecular formula is C12H13Cl5N2. The fourth-order valence-electron chi connectivity index (χ4n) is 1.36. The fraction of sp³-hybridized carbons (Fsp3) is 0.417. The van der Waals surface area contributed by atoms with Gasteiger partial charge in [0.05, 0.1) is 0 Å². The molecule has 1 unspecified atom stereocenters. The zero-order valence-corrected chi connectivity index (χ0v) is 14.0. The lowest BCUT2D eigenvalue weighted by atomic mass is 10.1. The van der Waals surface area contributed by atoms with E-state index in [-0.39, 0.29) is 5.17 Å². The third kappa shape index (κ3) is 5.20. The van der Waals surface area contributed by atoms with Crippen LogP contribution in [0, 0.1) is 0 Å². The highest BCUT2D eigenvalue weighted by Crippen LogP contribution is 2.37. The van der Waals surface area contributed by atoms with Gasteiger partial charge in [-0.05, 0) is 18.6 Å². The number of alkyl halides is 1. The van der Waals surface area contributed by atoms with Gasteiger partial charge in [0.25, 0.3) is 0 Å². The van der Waals surface area contributed by atoms with Crippen LogP contribution < -0.4 is 5.43 Å². The second kappa shape index (κ2) is 8.43. The van der Waals surface area contributed by atoms with Crippen molar-refractivity contribution < 1.29 is 0 Å². The van der Waals surface area contributed by atoms with E-state index < -0.39 is 5.38 Å². The molecule has 0 aliphatic carbocycles. The highest BCUT2D eigenvalue weighted by atomic mass is 35.5. The van der Waals surface area contributed by atoms with Gasteiger partial charge in [0, 0.05) is 27.2 Å². The molecule has 106 valence electrons. The average molecular weight is 363 g/mol. The maximum absolute atomic E-state index is 6.22. The lowest BCUT2D eigenvalue weighted by Gasteiger charge is -2.13. The SMILES string of the molecule is CCCCN/N=C(\Cl)C(Cl)c1c(Cl)cc(Cl)cc1Cl. The summed E-state index contributed by atoms with van der Waals surface area (Å²) >= 11 is 30.2. The summed E-state index contributed by atoms with van der Waals surface area (Å²) in [6, 6.07) is 3.13. The molecule has 0 aromatic heterocycles. The van der Waals surface area contributed by atoms with Gasteiger partial charge in [-0.1, -0.05) is 59.7 Å². The van der Waals surface area contributed by atoms with Crippen molar-refractivity contribution in [2.24, 2.45) is 5.10 Å². The topological polar surface area (TPSA) is 24.4 Å². The van der Waals surface area contributed by atoms with E-state index in [1.54, 1.807) is 12.1 Å². The molecule has 1 N–H and O–H groups in total. The van der Waals surface area contributed by atoms with Crippen molar-refractivity contribution in [3.63, 3.8) is 0 Å². The Labute approximate surface area is 138 Å². The van der Waals surface area contributed by atoms with E-state index >= 15 is 0 Å². The number of nitrogens with one attached hydrogen (secondary N) is 1. The Balaban J connectivity index is 2.85. The van der Waals surface area contributed by atoms with Crippen molar-refractivity contribution in [3.8, 4) is 0 Å². The Bertz CT molecular complexity index is 438. The predicted octanol–water partition coefficient (Wildman–Crippen LogP) is 5.87. The van der Waals surface area contributed by atoms with Crippen LogP contribution in [-0.2, 0) is 0 Å². The van der Waals surface area contributed by atoms with Crippen LogP contribution in [0.25, 0.3) is 0 Å². The van der Waals surface area contributed by atoms with Crippen LogP contribution in [0.15, 0.2) is 17.2 Å². The fourth-order valence-corrected chi connectivity index (χ4v) is 2.96. The third-order valence-corrected chi connectivity index (χ3v) is 4.02. The van der Waals surface area contributed by atoms with Crippen LogP contribution in [0.2, 0.25) is 15.1 Å². The van der Waals surface area contributed by atoms with Gasteiger partial charge in [0.1, 0.15) is 10.5 Å². The summed E-state index contributed by atoms with van der Waals surface area (Å²) in [5, 5.41) is 4.62. The molecule has 0 saturated carbocycles. The lowest BCUT2D eigenvalue weighted by Crippen LogP contribution is -2.12. The van der Waals surface area contributed by atoms with Crippen molar-refractivity contribution in [1.82, 2.24) is 5.43 Å². The smallest absolute Gasteiger partial charge is 0.148 e. The molecule has 0 fully saturated rings. The summed E-state index contributed by atoms with van der Waals surface area (Å²) in [6.07, 6.45) is 2.07. The van der Waals surface area contributed by atoms with Gasteiger partial charge < -0.3 is 5.43 Å². The van der Waals surface area contributed by atoms with Crippen LogP contribution in [0.3, 0.4) is 0 Å². The summed E-state index contributed by atoms with van der Waals surface area (Å²) < 4.78 is 0. The summed E-state index contributed by atoms with van der Waals surface area (Å²) in [5.41, 5.74) is 3.35. The normalized spacial score (nSPS) is 13.5. The second-order valence-electron chi connectivity index (χ2n) is 3.84. The second-order valence-corrected chi connectivity index (χ2v) is 5.92. The van der Waals surface area contributed by atoms with Crippen LogP contribution in [0.4, 0.5) is 0 Å². The van der Waals surface area contributed by atoms with Crippen molar-refractivity contribution >= 4 is 63.2 Å². The van der Waals surface area contributed by atoms with Gasteiger partial charge in [-0.3, -0.25) is 0 Å². The van der Waals surface area contributed by atoms with E-state index in [1.807, 2.05) is 0 Å². The Hall–Kier alpha value is 0.140. The minimum Gasteiger partial charge on any atom is -0.309 e. The van der Waals surface area contributed by atoms with E-state index in [9.17, 15) is 0 Å². The molecule has 0 radical (unpaired) electrons. The largest absolute Gasteiger partial charge is 0.309 e. The van der Waals surface area contributed by atoms with Gasteiger partial charge in [-0.2, -0.15) is 5.10 Å². The summed E-state index contributed by atoms with van der Waals surface area (Å²) in [4.78, 5) is 0. The quantitative estimate of drug-likeness (QED) is 0.291. The van der Waals surface area contributed by atoms with Crippen molar-refractivity contribution in [1.29, 1.82) is 0 Å². The first-order valence-corrected chi connectivity index (χ1v) is 7.66. The summed E-state index contributed by atoms with van der Waals surface area (Å²) in [7, 11) is 0. The minimum absolute atomic E-state index is 0.184. The molecule has 0 heterocycles. The molecule has 7 heteroatoms. The molecule has 0 aliphatic rings. The highest BCUT2D eigenvalue weighted by molar-refractivity contribution is 6.71. The van der Waals surface area contributed by atoms with E-state index in [4.69, 9.17) is 58.0 Å². The number of rotatable bonds is 6. The number of benzene rings is 1. The van der Waals surface area contributed by atoms with Crippen LogP contribution in [-0.4, -0.2) is 11.7 Å². The Morgan fingerprint density at radius 1 is 1.26 bits per heavy atom. The molecule has 1 rings (SSSR count). The van der Waals surface area contributed by atoms with Crippen LogP contribution in [0.1, 0.15) is 30.7 Å². The van der Waals surface area contributed by atoms with Gasteiger partial charge in [-0.15, -0.1) is 11.6 Å². The van der Waals surface area contributed by atoms with E-state index in [0.717, 1.165) is 19.4 Å². The average Bonchev–Trinajstić information content (AvgIpc) is 2.33. The Kier molecular flexibility index (Phi) is 7.63. The minimum atomic E-state index is -0.715. The zero-order valence-electron chi connectivity index (χ0n) is 10.2. The Morgan fingerprint density at radius 2 is 1.84 bits per heavy atom. The molecule has 0 aliphatic heterocycles. The molecule has 0 saturated heterocycles. The number of hydrogen-bond acceptors (Lipinski definition) is 2. The number of hydrazone groups is 1. The van der Waals surface area contributed by atoms with Gasteiger partial charge in [-0.25, -0.2) is 0 Å². The van der Waals surface area contributed by atoms with Crippen LogP contribution >= 0.6 is 58.0 Å². The lowest BCUT2D eigenvalue weighted by molar-refractivity contribution is 0.671. The van der Waals surface area contributed by atoms with Crippen molar-refractivity contribution in [2.75, 3.05) is 6.54 Å². The van der Waals surface area contributed by atoms with Crippen LogP contribution in [0.5, 0.6) is 0 Å². The molecule has 2 nitrogen and oxygen atoms in total. The van der Waals surface area contributed by atoms with E-state index in [0.29, 0.717) is 20.6 Å². The third-order valence-electron chi connectivity index (χ3n) is 2.33. The Morgan fingerprint density at radius 3 is 2.37 bits per heavy atom. The van der Waals surface area contributed by atoms with E-state index in [1.165, 1.54) is 0 Å².